The smallest absolute Gasteiger partial charge is 0.251 e. The molecule has 1 saturated heterocycles. The van der Waals surface area contributed by atoms with Gasteiger partial charge < -0.3 is 9.88 Å². The first-order valence-corrected chi connectivity index (χ1v) is 10.9. The van der Waals surface area contributed by atoms with Gasteiger partial charge in [-0.1, -0.05) is 13.0 Å². The first-order valence-electron chi connectivity index (χ1n) is 10.9. The van der Waals surface area contributed by atoms with Crippen LogP contribution in [0.3, 0.4) is 0 Å². The van der Waals surface area contributed by atoms with Crippen molar-refractivity contribution in [3.05, 3.63) is 57.8 Å². The fourth-order valence-electron chi connectivity index (χ4n) is 4.85. The zero-order valence-corrected chi connectivity index (χ0v) is 17.3. The van der Waals surface area contributed by atoms with Gasteiger partial charge in [-0.25, -0.2) is 0 Å². The van der Waals surface area contributed by atoms with Crippen LogP contribution in [0.25, 0.3) is 0 Å². The lowest BCUT2D eigenvalue weighted by molar-refractivity contribution is 0.186. The predicted molar refractivity (Wildman–Crippen MR) is 116 cm³/mol. The number of nitrogens with zero attached hydrogens (tertiary/aromatic N) is 6. The lowest BCUT2D eigenvalue weighted by Gasteiger charge is -2.39. The van der Waals surface area contributed by atoms with Crippen molar-refractivity contribution in [3.8, 4) is 0 Å². The third-order valence-corrected chi connectivity index (χ3v) is 6.69. The molecule has 2 aliphatic heterocycles. The number of piperazine rings is 1. The van der Waals surface area contributed by atoms with Crippen molar-refractivity contribution in [3.63, 3.8) is 0 Å². The summed E-state index contributed by atoms with van der Waals surface area (Å²) < 4.78 is 0. The van der Waals surface area contributed by atoms with Gasteiger partial charge in [0.15, 0.2) is 0 Å². The number of aromatic nitrogens is 2. The quantitative estimate of drug-likeness (QED) is 0.828. The van der Waals surface area contributed by atoms with Gasteiger partial charge in [-0.2, -0.15) is 0 Å². The van der Waals surface area contributed by atoms with Gasteiger partial charge in [-0.15, -0.1) is 10.2 Å². The Morgan fingerprint density at radius 2 is 1.93 bits per heavy atom. The van der Waals surface area contributed by atoms with E-state index in [1.54, 1.807) is 0 Å². The van der Waals surface area contributed by atoms with Crippen LogP contribution in [0, 0.1) is 0 Å². The van der Waals surface area contributed by atoms with E-state index in [1.165, 1.54) is 6.42 Å². The standard InChI is InChI=1S/C22H27N7O/c1-2-15-4-7-19(24-22(15)30)16-3-5-17(13-16)28-9-11-29(12-10-28)18-6-8-20(23-14-18)21-25-27-26-21/h4,6-8,14,16-17H,2-3,5,9-13H2,1H3,(H,24,30)/t16-,17-/m1/s1. The molecule has 8 heteroatoms. The molecule has 4 heterocycles. The predicted octanol–water partition coefficient (Wildman–Crippen LogP) is 2.92. The Balaban J connectivity index is 1.16. The summed E-state index contributed by atoms with van der Waals surface area (Å²) in [5, 5.41) is 11.2. The molecule has 30 heavy (non-hydrogen) atoms. The van der Waals surface area contributed by atoms with Crippen LogP contribution in [0.15, 0.2) is 50.7 Å². The molecule has 1 aliphatic carbocycles. The van der Waals surface area contributed by atoms with E-state index in [2.05, 4.69) is 47.3 Å². The molecule has 2 aromatic heterocycles. The van der Waals surface area contributed by atoms with Crippen molar-refractivity contribution in [2.24, 2.45) is 15.4 Å². The number of hydrogen-bond acceptors (Lipinski definition) is 7. The Hall–Kier alpha value is -2.87. The summed E-state index contributed by atoms with van der Waals surface area (Å²) in [4.78, 5) is 24.8. The number of anilines is 1. The van der Waals surface area contributed by atoms with Crippen LogP contribution >= 0.6 is 0 Å². The normalized spacial score (nSPS) is 24.0. The van der Waals surface area contributed by atoms with Gasteiger partial charge in [0.05, 0.1) is 11.9 Å². The zero-order valence-electron chi connectivity index (χ0n) is 17.3. The number of aromatic amines is 1. The molecular formula is C22H27N7O. The summed E-state index contributed by atoms with van der Waals surface area (Å²) >= 11 is 0. The summed E-state index contributed by atoms with van der Waals surface area (Å²) in [6.45, 7) is 6.15. The molecule has 2 aromatic rings. The maximum Gasteiger partial charge on any atom is 0.251 e. The number of H-pyrrole nitrogens is 1. The van der Waals surface area contributed by atoms with Gasteiger partial charge in [0.25, 0.3) is 5.56 Å². The summed E-state index contributed by atoms with van der Waals surface area (Å²) in [7, 11) is 0. The largest absolute Gasteiger partial charge is 0.368 e. The van der Waals surface area contributed by atoms with E-state index >= 15 is 0 Å². The minimum atomic E-state index is 0.0825. The highest BCUT2D eigenvalue weighted by molar-refractivity contribution is 5.99. The van der Waals surface area contributed by atoms with Crippen molar-refractivity contribution in [1.29, 1.82) is 0 Å². The minimum Gasteiger partial charge on any atom is -0.368 e. The molecule has 1 N–H and O–H groups in total. The molecule has 0 spiro atoms. The summed E-state index contributed by atoms with van der Waals surface area (Å²) in [5.74, 6) is 1.07. The average Bonchev–Trinajstić information content (AvgIpc) is 3.23. The van der Waals surface area contributed by atoms with Gasteiger partial charge in [0.2, 0.25) is 5.84 Å². The SMILES string of the molecule is CCc1ccc([C@@H]2CC[C@@H](N3CCN(c4ccc(C5=NN=N5)nc4)CC3)C2)[nH]c1=O. The first-order chi connectivity index (χ1) is 14.7. The Morgan fingerprint density at radius 1 is 1.10 bits per heavy atom. The van der Waals surface area contributed by atoms with Crippen molar-refractivity contribution >= 4 is 11.5 Å². The summed E-state index contributed by atoms with van der Waals surface area (Å²) in [6, 6.07) is 8.79. The van der Waals surface area contributed by atoms with Gasteiger partial charge in [0.1, 0.15) is 5.69 Å². The summed E-state index contributed by atoms with van der Waals surface area (Å²) in [6.07, 6.45) is 6.18. The number of rotatable bonds is 5. The van der Waals surface area contributed by atoms with Gasteiger partial charge in [0, 0.05) is 49.4 Å². The fourth-order valence-corrected chi connectivity index (χ4v) is 4.85. The molecule has 0 radical (unpaired) electrons. The lowest BCUT2D eigenvalue weighted by atomic mass is 10.0. The van der Waals surface area contributed by atoms with Crippen LogP contribution in [0.4, 0.5) is 5.69 Å². The van der Waals surface area contributed by atoms with Crippen molar-refractivity contribution in [1.82, 2.24) is 14.9 Å². The van der Waals surface area contributed by atoms with Crippen molar-refractivity contribution in [2.45, 2.75) is 44.6 Å². The number of pyridine rings is 2. The maximum absolute atomic E-state index is 12.2. The number of hydrogen-bond donors (Lipinski definition) is 1. The Kier molecular flexibility index (Phi) is 5.16. The van der Waals surface area contributed by atoms with E-state index in [4.69, 9.17) is 0 Å². The lowest BCUT2D eigenvalue weighted by Crippen LogP contribution is -2.49. The highest BCUT2D eigenvalue weighted by Crippen LogP contribution is 2.36. The minimum absolute atomic E-state index is 0.0825. The Bertz CT molecular complexity index is 1020. The molecule has 0 aromatic carbocycles. The van der Waals surface area contributed by atoms with Crippen LogP contribution in [0.5, 0.6) is 0 Å². The van der Waals surface area contributed by atoms with E-state index in [1.807, 2.05) is 25.3 Å². The monoisotopic (exact) mass is 405 g/mol. The fraction of sp³-hybridized carbons (Fsp3) is 0.500. The topological polar surface area (TPSA) is 89.3 Å². The van der Waals surface area contributed by atoms with Crippen molar-refractivity contribution < 1.29 is 0 Å². The molecule has 2 atom stereocenters. The number of amidine groups is 1. The first kappa shape index (κ1) is 19.1. The van der Waals surface area contributed by atoms with Crippen LogP contribution < -0.4 is 10.5 Å². The number of nitrogens with one attached hydrogen (secondary N) is 1. The molecule has 2 fully saturated rings. The third-order valence-electron chi connectivity index (χ3n) is 6.69. The van der Waals surface area contributed by atoms with Crippen LogP contribution in [0.2, 0.25) is 0 Å². The molecule has 0 unspecified atom stereocenters. The second kappa shape index (κ2) is 8.10. The van der Waals surface area contributed by atoms with E-state index in [-0.39, 0.29) is 5.56 Å². The Morgan fingerprint density at radius 3 is 2.57 bits per heavy atom. The molecule has 0 bridgehead atoms. The average molecular weight is 406 g/mol. The second-order valence-corrected chi connectivity index (χ2v) is 8.32. The third kappa shape index (κ3) is 3.67. The van der Waals surface area contributed by atoms with Gasteiger partial charge in [-0.05, 0) is 49.1 Å². The second-order valence-electron chi connectivity index (χ2n) is 8.32. The van der Waals surface area contributed by atoms with E-state index in [0.29, 0.717) is 17.8 Å². The molecule has 156 valence electrons. The molecule has 3 aliphatic rings. The van der Waals surface area contributed by atoms with E-state index in [0.717, 1.165) is 68.1 Å². The molecule has 8 nitrogen and oxygen atoms in total. The highest BCUT2D eigenvalue weighted by Gasteiger charge is 2.32. The maximum atomic E-state index is 12.2. The Labute approximate surface area is 175 Å². The molecule has 5 rings (SSSR count). The molecule has 1 saturated carbocycles. The van der Waals surface area contributed by atoms with Gasteiger partial charge in [-0.3, -0.25) is 14.7 Å². The zero-order chi connectivity index (χ0) is 20.5. The summed E-state index contributed by atoms with van der Waals surface area (Å²) in [5.41, 5.74) is 3.98. The number of aryl methyl sites for hydroxylation is 1. The van der Waals surface area contributed by atoms with Crippen LogP contribution in [-0.2, 0) is 6.42 Å². The van der Waals surface area contributed by atoms with E-state index < -0.39 is 0 Å². The molecule has 0 amide bonds. The molecular weight excluding hydrogens is 378 g/mol. The van der Waals surface area contributed by atoms with Crippen LogP contribution in [0.1, 0.15) is 49.1 Å². The van der Waals surface area contributed by atoms with Gasteiger partial charge >= 0.3 is 0 Å². The van der Waals surface area contributed by atoms with Crippen molar-refractivity contribution in [2.75, 3.05) is 31.1 Å². The van der Waals surface area contributed by atoms with Crippen LogP contribution in [-0.4, -0.2) is 52.9 Å². The van der Waals surface area contributed by atoms with E-state index in [9.17, 15) is 4.79 Å². The highest BCUT2D eigenvalue weighted by atomic mass is 16.1.